The lowest BCUT2D eigenvalue weighted by molar-refractivity contribution is -0.137. The van der Waals surface area contributed by atoms with Crippen LogP contribution in [0.3, 0.4) is 0 Å². The van der Waals surface area contributed by atoms with Crippen LogP contribution in [0.4, 0.5) is 13.2 Å². The van der Waals surface area contributed by atoms with Gasteiger partial charge in [-0.15, -0.1) is 0 Å². The molecule has 0 bridgehead atoms. The van der Waals surface area contributed by atoms with Gasteiger partial charge in [-0.1, -0.05) is 35.3 Å². The van der Waals surface area contributed by atoms with Crippen molar-refractivity contribution in [2.24, 2.45) is 0 Å². The number of pyridine rings is 1. The lowest BCUT2D eigenvalue weighted by Crippen LogP contribution is -2.06. The molecule has 3 rings (SSSR count). The summed E-state index contributed by atoms with van der Waals surface area (Å²) in [5.74, 6) is 0.0340. The number of ether oxygens (including phenoxy) is 1. The highest BCUT2D eigenvalue weighted by atomic mass is 35.5. The number of benzene rings is 2. The van der Waals surface area contributed by atoms with Gasteiger partial charge in [0, 0.05) is 23.2 Å². The number of aromatic nitrogens is 1. The van der Waals surface area contributed by atoms with E-state index in [0.29, 0.717) is 16.8 Å². The Labute approximate surface area is 168 Å². The first kappa shape index (κ1) is 20.2. The molecule has 0 saturated heterocycles. The Bertz CT molecular complexity index is 988. The van der Waals surface area contributed by atoms with Crippen LogP contribution in [-0.4, -0.2) is 10.8 Å². The number of carbonyl (C=O) groups excluding carboxylic acids is 1. The van der Waals surface area contributed by atoms with E-state index in [0.717, 1.165) is 11.6 Å². The molecule has 1 aromatic heterocycles. The van der Waals surface area contributed by atoms with Crippen LogP contribution in [0.25, 0.3) is 0 Å². The number of nitrogens with zero attached hydrogens (tertiary/aromatic N) is 1. The molecule has 2 aromatic carbocycles. The molecule has 0 aliphatic heterocycles. The van der Waals surface area contributed by atoms with Crippen molar-refractivity contribution in [1.29, 1.82) is 0 Å². The van der Waals surface area contributed by atoms with Gasteiger partial charge in [0.1, 0.15) is 10.8 Å². The number of ketones is 1. The quantitative estimate of drug-likeness (QED) is 0.430. The van der Waals surface area contributed by atoms with Crippen molar-refractivity contribution in [3.63, 3.8) is 0 Å². The summed E-state index contributed by atoms with van der Waals surface area (Å²) in [6, 6.07) is 13.9. The van der Waals surface area contributed by atoms with Gasteiger partial charge in [-0.2, -0.15) is 13.2 Å². The minimum atomic E-state index is -4.54. The van der Waals surface area contributed by atoms with Crippen LogP contribution in [0.15, 0.2) is 60.8 Å². The fourth-order valence-corrected chi connectivity index (χ4v) is 2.70. The molecule has 0 N–H and O–H groups in total. The van der Waals surface area contributed by atoms with Crippen molar-refractivity contribution in [2.45, 2.75) is 12.6 Å². The summed E-state index contributed by atoms with van der Waals surface area (Å²) in [5.41, 5.74) is 0.331. The van der Waals surface area contributed by atoms with E-state index in [4.69, 9.17) is 27.9 Å². The Hall–Kier alpha value is -2.57. The van der Waals surface area contributed by atoms with E-state index < -0.39 is 11.7 Å². The molecule has 0 fully saturated rings. The number of alkyl halides is 3. The number of hydrogen-bond donors (Lipinski definition) is 0. The third kappa shape index (κ3) is 5.03. The molecule has 0 atom stereocenters. The van der Waals surface area contributed by atoms with Gasteiger partial charge in [0.05, 0.1) is 5.56 Å². The monoisotopic (exact) mass is 425 g/mol. The van der Waals surface area contributed by atoms with Crippen molar-refractivity contribution in [3.8, 4) is 11.6 Å². The third-order valence-corrected chi connectivity index (χ3v) is 4.33. The van der Waals surface area contributed by atoms with Gasteiger partial charge in [0.25, 0.3) is 0 Å². The molecule has 0 unspecified atom stereocenters. The predicted octanol–water partition coefficient (Wildman–Crippen LogP) is 6.62. The van der Waals surface area contributed by atoms with Crippen LogP contribution in [-0.2, 0) is 12.6 Å². The van der Waals surface area contributed by atoms with Crippen LogP contribution in [0.2, 0.25) is 10.0 Å². The molecule has 1 heterocycles. The Balaban J connectivity index is 1.69. The molecule has 0 amide bonds. The fourth-order valence-electron chi connectivity index (χ4n) is 2.37. The van der Waals surface area contributed by atoms with Crippen molar-refractivity contribution in [1.82, 2.24) is 4.98 Å². The molecule has 28 heavy (non-hydrogen) atoms. The minimum absolute atomic E-state index is 0.0976. The van der Waals surface area contributed by atoms with Crippen LogP contribution in [0.5, 0.6) is 11.6 Å². The molecule has 3 aromatic rings. The zero-order chi connectivity index (χ0) is 20.3. The third-order valence-electron chi connectivity index (χ3n) is 3.80. The Morgan fingerprint density at radius 3 is 2.21 bits per heavy atom. The summed E-state index contributed by atoms with van der Waals surface area (Å²) in [6.07, 6.45) is -3.68. The predicted molar refractivity (Wildman–Crippen MR) is 100 cm³/mol. The molecule has 144 valence electrons. The Morgan fingerprint density at radius 1 is 1.00 bits per heavy atom. The van der Waals surface area contributed by atoms with E-state index in [1.165, 1.54) is 12.1 Å². The zero-order valence-corrected chi connectivity index (χ0v) is 15.6. The van der Waals surface area contributed by atoms with Gasteiger partial charge in [-0.25, -0.2) is 4.98 Å². The first-order valence-corrected chi connectivity index (χ1v) is 8.76. The Kier molecular flexibility index (Phi) is 5.91. The molecule has 0 spiro atoms. The number of hydrogen-bond acceptors (Lipinski definition) is 3. The molecular weight excluding hydrogens is 414 g/mol. The van der Waals surface area contributed by atoms with Gasteiger partial charge >= 0.3 is 6.18 Å². The molecule has 0 aliphatic carbocycles. The molecule has 8 heteroatoms. The van der Waals surface area contributed by atoms with Crippen molar-refractivity contribution < 1.29 is 22.7 Å². The highest BCUT2D eigenvalue weighted by Crippen LogP contribution is 2.34. The summed E-state index contributed by atoms with van der Waals surface area (Å²) in [7, 11) is 0. The fraction of sp³-hybridized carbons (Fsp3) is 0.100. The number of Topliss-reactive ketones (excluding diaryl/α,β-unsaturated/α-hetero) is 1. The van der Waals surface area contributed by atoms with E-state index in [-0.39, 0.29) is 28.9 Å². The molecule has 0 aliphatic rings. The summed E-state index contributed by atoms with van der Waals surface area (Å²) in [6.45, 7) is 0. The maximum Gasteiger partial charge on any atom is 0.417 e. The molecule has 3 nitrogen and oxygen atoms in total. The molecule has 0 saturated carbocycles. The van der Waals surface area contributed by atoms with Gasteiger partial charge in [0.15, 0.2) is 5.78 Å². The van der Waals surface area contributed by atoms with E-state index in [1.54, 1.807) is 36.4 Å². The van der Waals surface area contributed by atoms with Crippen LogP contribution in [0.1, 0.15) is 21.5 Å². The van der Waals surface area contributed by atoms with E-state index in [1.807, 2.05) is 0 Å². The van der Waals surface area contributed by atoms with Crippen molar-refractivity contribution in [3.05, 3.63) is 87.5 Å². The second-order valence-corrected chi connectivity index (χ2v) is 6.71. The van der Waals surface area contributed by atoms with E-state index in [2.05, 4.69) is 4.98 Å². The normalized spacial score (nSPS) is 11.3. The van der Waals surface area contributed by atoms with Gasteiger partial charge < -0.3 is 4.74 Å². The second kappa shape index (κ2) is 8.20. The summed E-state index contributed by atoms with van der Waals surface area (Å²) >= 11 is 11.6. The van der Waals surface area contributed by atoms with E-state index in [9.17, 15) is 18.0 Å². The standard InChI is InChI=1S/C20H12Cl2F3NO2/c21-15-5-1-12(2-6-15)9-18(27)13-3-7-16(8-4-13)28-19-17(22)10-14(11-26-19)20(23,24)25/h1-8,10-11H,9H2. The lowest BCUT2D eigenvalue weighted by Gasteiger charge is -2.10. The highest BCUT2D eigenvalue weighted by Gasteiger charge is 2.31. The Morgan fingerprint density at radius 2 is 1.64 bits per heavy atom. The van der Waals surface area contributed by atoms with Crippen LogP contribution >= 0.6 is 23.2 Å². The largest absolute Gasteiger partial charge is 0.438 e. The second-order valence-electron chi connectivity index (χ2n) is 5.86. The first-order valence-electron chi connectivity index (χ1n) is 8.00. The SMILES string of the molecule is O=C(Cc1ccc(Cl)cc1)c1ccc(Oc2ncc(C(F)(F)F)cc2Cl)cc1. The number of carbonyl (C=O) groups is 1. The number of rotatable bonds is 5. The molecule has 0 radical (unpaired) electrons. The summed E-state index contributed by atoms with van der Waals surface area (Å²) in [4.78, 5) is 15.9. The van der Waals surface area contributed by atoms with Crippen molar-refractivity contribution in [2.75, 3.05) is 0 Å². The maximum atomic E-state index is 12.6. The maximum absolute atomic E-state index is 12.6. The summed E-state index contributed by atoms with van der Waals surface area (Å²) < 4.78 is 43.3. The minimum Gasteiger partial charge on any atom is -0.438 e. The van der Waals surface area contributed by atoms with Gasteiger partial charge in [0.2, 0.25) is 5.88 Å². The van der Waals surface area contributed by atoms with E-state index >= 15 is 0 Å². The molecular formula is C20H12Cl2F3NO2. The smallest absolute Gasteiger partial charge is 0.417 e. The highest BCUT2D eigenvalue weighted by molar-refractivity contribution is 6.32. The number of halogens is 5. The topological polar surface area (TPSA) is 39.2 Å². The van der Waals surface area contributed by atoms with Crippen LogP contribution in [0, 0.1) is 0 Å². The van der Waals surface area contributed by atoms with Crippen molar-refractivity contribution >= 4 is 29.0 Å². The zero-order valence-electron chi connectivity index (χ0n) is 14.1. The lowest BCUT2D eigenvalue weighted by atomic mass is 10.0. The summed E-state index contributed by atoms with van der Waals surface area (Å²) in [5, 5.41) is 0.325. The first-order chi connectivity index (χ1) is 13.2. The van der Waals surface area contributed by atoms with Gasteiger partial charge in [-0.3, -0.25) is 4.79 Å². The van der Waals surface area contributed by atoms with Crippen LogP contribution < -0.4 is 4.74 Å². The average molecular weight is 426 g/mol. The van der Waals surface area contributed by atoms with Gasteiger partial charge in [-0.05, 0) is 48.0 Å². The average Bonchev–Trinajstić information content (AvgIpc) is 2.65.